The Kier molecular flexibility index (Phi) is 5.75. The Hall–Kier alpha value is -1.88. The van der Waals surface area contributed by atoms with Crippen molar-refractivity contribution in [1.29, 1.82) is 0 Å². The zero-order chi connectivity index (χ0) is 15.1. The largest absolute Gasteiger partial charge is 0.353 e. The number of carbonyl (C=O) groups excluding carboxylic acids is 1. The van der Waals surface area contributed by atoms with Crippen molar-refractivity contribution in [2.24, 2.45) is 0 Å². The molecule has 0 saturated carbocycles. The number of nitrogens with zero attached hydrogens (tertiary/aromatic N) is 1. The van der Waals surface area contributed by atoms with Gasteiger partial charge in [0.15, 0.2) is 0 Å². The number of unbranched alkanes of at least 4 members (excludes halogenated alkanes) is 1. The molecule has 0 fully saturated rings. The van der Waals surface area contributed by atoms with E-state index < -0.39 is 0 Å². The monoisotopic (exact) mass is 347 g/mol. The number of hydrogen-bond acceptors (Lipinski definition) is 3. The fourth-order valence-electron chi connectivity index (χ4n) is 1.79. The maximum Gasteiger partial charge on any atom is 0.269 e. The summed E-state index contributed by atoms with van der Waals surface area (Å²) in [4.78, 5) is 16.0. The number of aromatic nitrogens is 1. The van der Waals surface area contributed by atoms with Crippen LogP contribution in [0.25, 0.3) is 0 Å². The quantitative estimate of drug-likeness (QED) is 0.772. The highest BCUT2D eigenvalue weighted by Gasteiger charge is 2.06. The van der Waals surface area contributed by atoms with Crippen molar-refractivity contribution >= 4 is 33.2 Å². The summed E-state index contributed by atoms with van der Waals surface area (Å²) in [5.74, 6) is -0.129. The first-order valence-electron chi connectivity index (χ1n) is 6.96. The van der Waals surface area contributed by atoms with Crippen LogP contribution in [0.15, 0.2) is 47.1 Å². The molecular formula is C16H18BrN3O. The van der Waals surface area contributed by atoms with Gasteiger partial charge >= 0.3 is 0 Å². The zero-order valence-corrected chi connectivity index (χ0v) is 13.5. The average molecular weight is 348 g/mol. The summed E-state index contributed by atoms with van der Waals surface area (Å²) in [5.41, 5.74) is 2.23. The third kappa shape index (κ3) is 4.56. The molecule has 0 bridgehead atoms. The van der Waals surface area contributed by atoms with Gasteiger partial charge in [0.25, 0.3) is 5.91 Å². The molecule has 0 spiro atoms. The van der Waals surface area contributed by atoms with Gasteiger partial charge in [0, 0.05) is 11.0 Å². The van der Waals surface area contributed by atoms with Crippen LogP contribution in [0.4, 0.5) is 11.4 Å². The Balaban J connectivity index is 1.99. The minimum atomic E-state index is -0.129. The Bertz CT molecular complexity index is 599. The lowest BCUT2D eigenvalue weighted by Gasteiger charge is -2.09. The number of benzene rings is 1. The van der Waals surface area contributed by atoms with Crippen LogP contribution in [0, 0.1) is 0 Å². The second kappa shape index (κ2) is 7.78. The molecule has 2 N–H and O–H groups in total. The van der Waals surface area contributed by atoms with Gasteiger partial charge < -0.3 is 10.6 Å². The minimum absolute atomic E-state index is 0.129. The van der Waals surface area contributed by atoms with Crippen molar-refractivity contribution in [3.05, 3.63) is 52.8 Å². The summed E-state index contributed by atoms with van der Waals surface area (Å²) in [6.07, 6.45) is 3.70. The molecule has 0 aliphatic carbocycles. The highest BCUT2D eigenvalue weighted by atomic mass is 79.9. The maximum atomic E-state index is 11.8. The van der Waals surface area contributed by atoms with E-state index in [0.717, 1.165) is 28.7 Å². The predicted octanol–water partition coefficient (Wildman–Crippen LogP) is 4.12. The molecule has 0 aliphatic rings. The molecule has 1 heterocycles. The zero-order valence-electron chi connectivity index (χ0n) is 11.9. The summed E-state index contributed by atoms with van der Waals surface area (Å²) in [7, 11) is 0. The molecule has 2 aromatic rings. The molecule has 0 radical (unpaired) electrons. The fourth-order valence-corrected chi connectivity index (χ4v) is 2.17. The lowest BCUT2D eigenvalue weighted by molar-refractivity contribution is 0.0948. The number of rotatable bonds is 6. The number of hydrogen-bond donors (Lipinski definition) is 2. The van der Waals surface area contributed by atoms with Crippen LogP contribution in [0.2, 0.25) is 0 Å². The maximum absolute atomic E-state index is 11.8. The molecule has 1 aromatic heterocycles. The molecule has 2 rings (SSSR count). The number of anilines is 2. The predicted molar refractivity (Wildman–Crippen MR) is 88.9 cm³/mol. The summed E-state index contributed by atoms with van der Waals surface area (Å²) < 4.78 is 0.978. The molecule has 110 valence electrons. The molecular weight excluding hydrogens is 330 g/mol. The fraction of sp³-hybridized carbons (Fsp3) is 0.250. The molecule has 0 atom stereocenters. The second-order valence-electron chi connectivity index (χ2n) is 4.65. The standard InChI is InChI=1S/C16H18BrN3O/c1-2-3-10-18-16(21)15-9-8-12(11-19-15)20-14-7-5-4-6-13(14)17/h4-9,11,20H,2-3,10H2,1H3,(H,18,21). The smallest absolute Gasteiger partial charge is 0.269 e. The molecule has 0 aliphatic heterocycles. The molecule has 1 aromatic carbocycles. The van der Waals surface area contributed by atoms with E-state index in [4.69, 9.17) is 0 Å². The second-order valence-corrected chi connectivity index (χ2v) is 5.50. The normalized spacial score (nSPS) is 10.2. The molecule has 0 unspecified atom stereocenters. The Morgan fingerprint density at radius 1 is 1.24 bits per heavy atom. The number of pyridine rings is 1. The van der Waals surface area contributed by atoms with Crippen molar-refractivity contribution in [1.82, 2.24) is 10.3 Å². The van der Waals surface area contributed by atoms with Gasteiger partial charge in [-0.05, 0) is 46.6 Å². The van der Waals surface area contributed by atoms with Gasteiger partial charge in [0.2, 0.25) is 0 Å². The number of para-hydroxylation sites is 1. The third-order valence-electron chi connectivity index (χ3n) is 2.96. The van der Waals surface area contributed by atoms with Gasteiger partial charge in [0.05, 0.1) is 17.6 Å². The van der Waals surface area contributed by atoms with Gasteiger partial charge in [-0.25, -0.2) is 4.98 Å². The first kappa shape index (κ1) is 15.5. The van der Waals surface area contributed by atoms with E-state index in [1.165, 1.54) is 0 Å². The number of halogens is 1. The highest BCUT2D eigenvalue weighted by Crippen LogP contribution is 2.24. The van der Waals surface area contributed by atoms with E-state index in [9.17, 15) is 4.79 Å². The molecule has 21 heavy (non-hydrogen) atoms. The summed E-state index contributed by atoms with van der Waals surface area (Å²) in [6, 6.07) is 11.4. The van der Waals surface area contributed by atoms with E-state index in [0.29, 0.717) is 12.2 Å². The summed E-state index contributed by atoms with van der Waals surface area (Å²) >= 11 is 3.48. The van der Waals surface area contributed by atoms with Crippen LogP contribution in [-0.4, -0.2) is 17.4 Å². The minimum Gasteiger partial charge on any atom is -0.353 e. The Labute approximate surface area is 133 Å². The summed E-state index contributed by atoms with van der Waals surface area (Å²) in [5, 5.41) is 6.10. The molecule has 0 saturated heterocycles. The first-order valence-corrected chi connectivity index (χ1v) is 7.76. The lowest BCUT2D eigenvalue weighted by atomic mass is 10.2. The van der Waals surface area contributed by atoms with Gasteiger partial charge in [-0.2, -0.15) is 0 Å². The third-order valence-corrected chi connectivity index (χ3v) is 3.66. The number of amides is 1. The van der Waals surface area contributed by atoms with Gasteiger partial charge in [-0.15, -0.1) is 0 Å². The first-order chi connectivity index (χ1) is 10.2. The SMILES string of the molecule is CCCCNC(=O)c1ccc(Nc2ccccc2Br)cn1. The van der Waals surface area contributed by atoms with E-state index in [-0.39, 0.29) is 5.91 Å². The van der Waals surface area contributed by atoms with Crippen molar-refractivity contribution in [2.45, 2.75) is 19.8 Å². The van der Waals surface area contributed by atoms with E-state index in [2.05, 4.69) is 38.5 Å². The van der Waals surface area contributed by atoms with Crippen LogP contribution in [0.5, 0.6) is 0 Å². The van der Waals surface area contributed by atoms with Crippen molar-refractivity contribution < 1.29 is 4.79 Å². The topological polar surface area (TPSA) is 54.0 Å². The number of carbonyl (C=O) groups is 1. The van der Waals surface area contributed by atoms with Crippen molar-refractivity contribution in [3.8, 4) is 0 Å². The molecule has 4 nitrogen and oxygen atoms in total. The Morgan fingerprint density at radius 3 is 2.71 bits per heavy atom. The summed E-state index contributed by atoms with van der Waals surface area (Å²) in [6.45, 7) is 2.78. The Morgan fingerprint density at radius 2 is 2.05 bits per heavy atom. The van der Waals surface area contributed by atoms with E-state index in [1.54, 1.807) is 12.3 Å². The van der Waals surface area contributed by atoms with E-state index in [1.807, 2.05) is 30.3 Å². The van der Waals surface area contributed by atoms with Gasteiger partial charge in [-0.1, -0.05) is 25.5 Å². The highest BCUT2D eigenvalue weighted by molar-refractivity contribution is 9.10. The van der Waals surface area contributed by atoms with Crippen LogP contribution in [0.3, 0.4) is 0 Å². The number of nitrogens with one attached hydrogen (secondary N) is 2. The van der Waals surface area contributed by atoms with Crippen molar-refractivity contribution in [3.63, 3.8) is 0 Å². The van der Waals surface area contributed by atoms with Crippen LogP contribution in [-0.2, 0) is 0 Å². The lowest BCUT2D eigenvalue weighted by Crippen LogP contribution is -2.25. The van der Waals surface area contributed by atoms with Gasteiger partial charge in [-0.3, -0.25) is 4.79 Å². The van der Waals surface area contributed by atoms with Crippen LogP contribution >= 0.6 is 15.9 Å². The van der Waals surface area contributed by atoms with Crippen molar-refractivity contribution in [2.75, 3.05) is 11.9 Å². The molecule has 1 amide bonds. The van der Waals surface area contributed by atoms with E-state index >= 15 is 0 Å². The van der Waals surface area contributed by atoms with Crippen LogP contribution in [0.1, 0.15) is 30.3 Å². The van der Waals surface area contributed by atoms with Gasteiger partial charge in [0.1, 0.15) is 5.69 Å². The molecule has 5 heteroatoms. The average Bonchev–Trinajstić information content (AvgIpc) is 2.50. The van der Waals surface area contributed by atoms with Crippen LogP contribution < -0.4 is 10.6 Å².